The van der Waals surface area contributed by atoms with Gasteiger partial charge >= 0.3 is 0 Å². The number of aromatic nitrogens is 1. The van der Waals surface area contributed by atoms with E-state index in [2.05, 4.69) is 33.1 Å². The molecule has 0 amide bonds. The maximum Gasteiger partial charge on any atom is 0.0932 e. The highest BCUT2D eigenvalue weighted by atomic mass is 32.1. The molecule has 1 aliphatic carbocycles. The van der Waals surface area contributed by atoms with Crippen molar-refractivity contribution in [3.8, 4) is 0 Å². The summed E-state index contributed by atoms with van der Waals surface area (Å²) in [4.78, 5) is 4.77. The van der Waals surface area contributed by atoms with Crippen molar-refractivity contribution in [3.05, 3.63) is 16.1 Å². The second-order valence-electron chi connectivity index (χ2n) is 7.00. The molecule has 0 aromatic carbocycles. The molecule has 2 rings (SSSR count). The molecule has 1 aromatic heterocycles. The number of aliphatic hydroxyl groups is 1. The first-order valence-electron chi connectivity index (χ1n) is 7.53. The Morgan fingerprint density at radius 1 is 1.37 bits per heavy atom. The Balaban J connectivity index is 2.01. The second-order valence-corrected chi connectivity index (χ2v) is 7.94. The molecule has 0 radical (unpaired) electrons. The third-order valence-corrected chi connectivity index (χ3v) is 5.26. The summed E-state index contributed by atoms with van der Waals surface area (Å²) in [6.07, 6.45) is 5.42. The van der Waals surface area contributed by atoms with E-state index in [4.69, 9.17) is 4.98 Å². The summed E-state index contributed by atoms with van der Waals surface area (Å²) in [5.74, 6) is 1.22. The van der Waals surface area contributed by atoms with Crippen LogP contribution in [0, 0.1) is 11.8 Å². The topological polar surface area (TPSA) is 33.1 Å². The third kappa shape index (κ3) is 3.79. The molecule has 2 nitrogen and oxygen atoms in total. The minimum atomic E-state index is -0.121. The van der Waals surface area contributed by atoms with Crippen molar-refractivity contribution in [1.29, 1.82) is 0 Å². The van der Waals surface area contributed by atoms with Crippen molar-refractivity contribution in [2.45, 2.75) is 71.3 Å². The van der Waals surface area contributed by atoms with E-state index in [0.29, 0.717) is 5.92 Å². The molecule has 19 heavy (non-hydrogen) atoms. The molecule has 3 atom stereocenters. The van der Waals surface area contributed by atoms with Gasteiger partial charge in [-0.15, -0.1) is 11.3 Å². The van der Waals surface area contributed by atoms with Gasteiger partial charge in [0.05, 0.1) is 16.8 Å². The fourth-order valence-electron chi connectivity index (χ4n) is 2.91. The molecule has 3 unspecified atom stereocenters. The fraction of sp³-hybridized carbons (Fsp3) is 0.812. The first-order chi connectivity index (χ1) is 8.90. The van der Waals surface area contributed by atoms with E-state index in [1.807, 2.05) is 0 Å². The van der Waals surface area contributed by atoms with Gasteiger partial charge in [0.2, 0.25) is 0 Å². The standard InChI is InChI=1S/C16H27NOS/c1-5-11-6-7-13(18)12(8-11)9-15-17-14(10-19-15)16(2,3)4/h10-13,18H,5-9H2,1-4H3. The van der Waals surface area contributed by atoms with Gasteiger partial charge < -0.3 is 5.11 Å². The molecular weight excluding hydrogens is 254 g/mol. The zero-order chi connectivity index (χ0) is 14.0. The number of thiazole rings is 1. The molecule has 1 aromatic rings. The molecule has 0 bridgehead atoms. The van der Waals surface area contributed by atoms with Gasteiger partial charge in [-0.3, -0.25) is 0 Å². The smallest absolute Gasteiger partial charge is 0.0932 e. The largest absolute Gasteiger partial charge is 0.393 e. The minimum absolute atomic E-state index is 0.121. The highest BCUT2D eigenvalue weighted by Crippen LogP contribution is 2.34. The van der Waals surface area contributed by atoms with Crippen LogP contribution < -0.4 is 0 Å². The van der Waals surface area contributed by atoms with Gasteiger partial charge in [0.25, 0.3) is 0 Å². The molecular formula is C16H27NOS. The van der Waals surface area contributed by atoms with Gasteiger partial charge in [-0.05, 0) is 31.1 Å². The average molecular weight is 281 g/mol. The zero-order valence-electron chi connectivity index (χ0n) is 12.6. The lowest BCUT2D eigenvalue weighted by atomic mass is 9.77. The van der Waals surface area contributed by atoms with Crippen LogP contribution in [0.15, 0.2) is 5.38 Å². The lowest BCUT2D eigenvalue weighted by Gasteiger charge is -2.32. The van der Waals surface area contributed by atoms with E-state index in [9.17, 15) is 5.11 Å². The molecule has 1 N–H and O–H groups in total. The van der Waals surface area contributed by atoms with Crippen LogP contribution in [0.2, 0.25) is 0 Å². The van der Waals surface area contributed by atoms with Crippen LogP contribution >= 0.6 is 11.3 Å². The fourth-order valence-corrected chi connectivity index (χ4v) is 4.02. The lowest BCUT2D eigenvalue weighted by molar-refractivity contribution is 0.0474. The molecule has 1 saturated carbocycles. The number of aliphatic hydroxyl groups excluding tert-OH is 1. The number of hydrogen-bond acceptors (Lipinski definition) is 3. The van der Waals surface area contributed by atoms with Crippen molar-refractivity contribution in [2.24, 2.45) is 11.8 Å². The van der Waals surface area contributed by atoms with Crippen LogP contribution in [0.5, 0.6) is 0 Å². The third-order valence-electron chi connectivity index (χ3n) is 4.39. The zero-order valence-corrected chi connectivity index (χ0v) is 13.5. The van der Waals surface area contributed by atoms with E-state index in [-0.39, 0.29) is 11.5 Å². The molecule has 3 heteroatoms. The second kappa shape index (κ2) is 5.92. The predicted molar refractivity (Wildman–Crippen MR) is 81.6 cm³/mol. The minimum Gasteiger partial charge on any atom is -0.393 e. The van der Waals surface area contributed by atoms with E-state index < -0.39 is 0 Å². The molecule has 108 valence electrons. The van der Waals surface area contributed by atoms with Crippen LogP contribution in [-0.2, 0) is 11.8 Å². The van der Waals surface area contributed by atoms with Crippen LogP contribution in [-0.4, -0.2) is 16.2 Å². The predicted octanol–water partition coefficient (Wildman–Crippen LogP) is 4.17. The Bertz CT molecular complexity index is 407. The van der Waals surface area contributed by atoms with E-state index >= 15 is 0 Å². The number of nitrogens with zero attached hydrogens (tertiary/aromatic N) is 1. The molecule has 1 fully saturated rings. The first-order valence-corrected chi connectivity index (χ1v) is 8.41. The molecule has 1 heterocycles. The first kappa shape index (κ1) is 15.0. The SMILES string of the molecule is CCC1CCC(O)C(Cc2nc(C(C)(C)C)cs2)C1. The van der Waals surface area contributed by atoms with Crippen molar-refractivity contribution < 1.29 is 5.11 Å². The summed E-state index contributed by atoms with van der Waals surface area (Å²) < 4.78 is 0. The van der Waals surface area contributed by atoms with Crippen molar-refractivity contribution >= 4 is 11.3 Å². The van der Waals surface area contributed by atoms with Gasteiger partial charge in [0.1, 0.15) is 0 Å². The van der Waals surface area contributed by atoms with Crippen LogP contribution in [0.4, 0.5) is 0 Å². The normalized spacial score (nSPS) is 28.6. The summed E-state index contributed by atoms with van der Waals surface area (Å²) in [6, 6.07) is 0. The van der Waals surface area contributed by atoms with Gasteiger partial charge in [-0.25, -0.2) is 4.98 Å². The Morgan fingerprint density at radius 2 is 2.11 bits per heavy atom. The van der Waals surface area contributed by atoms with E-state index in [0.717, 1.165) is 18.8 Å². The Hall–Kier alpha value is -0.410. The average Bonchev–Trinajstić information content (AvgIpc) is 2.80. The summed E-state index contributed by atoms with van der Waals surface area (Å²) in [5, 5.41) is 13.6. The molecule has 0 spiro atoms. The Labute approximate surface area is 121 Å². The van der Waals surface area contributed by atoms with Gasteiger partial charge in [0, 0.05) is 17.2 Å². The number of rotatable bonds is 3. The van der Waals surface area contributed by atoms with Gasteiger partial charge in [0.15, 0.2) is 0 Å². The van der Waals surface area contributed by atoms with Crippen molar-refractivity contribution in [1.82, 2.24) is 4.98 Å². The maximum absolute atomic E-state index is 10.2. The van der Waals surface area contributed by atoms with Gasteiger partial charge in [-0.1, -0.05) is 34.1 Å². The summed E-state index contributed by atoms with van der Waals surface area (Å²) in [5.41, 5.74) is 1.32. The number of hydrogen-bond donors (Lipinski definition) is 1. The van der Waals surface area contributed by atoms with Crippen LogP contribution in [0.25, 0.3) is 0 Å². The van der Waals surface area contributed by atoms with E-state index in [1.54, 1.807) is 11.3 Å². The highest BCUT2D eigenvalue weighted by molar-refractivity contribution is 7.09. The Kier molecular flexibility index (Phi) is 4.67. The molecule has 1 aliphatic rings. The van der Waals surface area contributed by atoms with Crippen molar-refractivity contribution in [3.63, 3.8) is 0 Å². The highest BCUT2D eigenvalue weighted by Gasteiger charge is 2.29. The van der Waals surface area contributed by atoms with E-state index in [1.165, 1.54) is 30.0 Å². The summed E-state index contributed by atoms with van der Waals surface area (Å²) in [7, 11) is 0. The van der Waals surface area contributed by atoms with Gasteiger partial charge in [-0.2, -0.15) is 0 Å². The summed E-state index contributed by atoms with van der Waals surface area (Å²) in [6.45, 7) is 8.87. The van der Waals surface area contributed by atoms with Crippen LogP contribution in [0.3, 0.4) is 0 Å². The molecule has 0 saturated heterocycles. The van der Waals surface area contributed by atoms with Crippen molar-refractivity contribution in [2.75, 3.05) is 0 Å². The molecule has 0 aliphatic heterocycles. The lowest BCUT2D eigenvalue weighted by Crippen LogP contribution is -2.30. The maximum atomic E-state index is 10.2. The van der Waals surface area contributed by atoms with Crippen LogP contribution in [0.1, 0.15) is 64.1 Å². The monoisotopic (exact) mass is 281 g/mol. The quantitative estimate of drug-likeness (QED) is 0.902. The Morgan fingerprint density at radius 3 is 2.68 bits per heavy atom. The summed E-state index contributed by atoms with van der Waals surface area (Å²) >= 11 is 1.76.